The number of unbranched alkanes of at least 4 members (excludes halogenated alkanes) is 4. The first kappa shape index (κ1) is 59.1. The number of nitrogens with zero attached hydrogens (tertiary/aromatic N) is 1. The second-order valence-electron chi connectivity index (χ2n) is 16.2. The highest BCUT2D eigenvalue weighted by molar-refractivity contribution is 6.39. The van der Waals surface area contributed by atoms with E-state index in [4.69, 9.17) is 23.4 Å². The topological polar surface area (TPSA) is 46.2 Å². The van der Waals surface area contributed by atoms with E-state index < -0.39 is 136 Å². The lowest BCUT2D eigenvalue weighted by Gasteiger charge is -2.55. The summed E-state index contributed by atoms with van der Waals surface area (Å²) in [6, 6.07) is -1.87. The molecule has 25 heteroatoms. The molecule has 69 heavy (non-hydrogen) atoms. The monoisotopic (exact) mass is 1030 g/mol. The average molecular weight is 1030 g/mol. The van der Waals surface area contributed by atoms with Gasteiger partial charge in [0.2, 0.25) is 5.72 Å². The fourth-order valence-electron chi connectivity index (χ4n) is 7.65. The Hall–Kier alpha value is -4.26. The van der Waals surface area contributed by atoms with Crippen LogP contribution in [0.3, 0.4) is 0 Å². The summed E-state index contributed by atoms with van der Waals surface area (Å²) in [4.78, 5) is 0. The van der Waals surface area contributed by atoms with E-state index in [0.29, 0.717) is 32.1 Å². The second-order valence-corrected chi connectivity index (χ2v) is 16.2. The molecule has 390 valence electrons. The van der Waals surface area contributed by atoms with Gasteiger partial charge in [-0.1, -0.05) is 40.5 Å². The van der Waals surface area contributed by atoms with Gasteiger partial charge in [0.05, 0.1) is 65.2 Å². The van der Waals surface area contributed by atoms with Gasteiger partial charge in [-0.05, 0) is 87.1 Å². The van der Waals surface area contributed by atoms with Crippen LogP contribution in [0.4, 0.5) is 79.0 Å². The highest BCUT2D eigenvalue weighted by atomic mass is 19.4. The van der Waals surface area contributed by atoms with Gasteiger partial charge in [-0.25, -0.2) is 0 Å². The summed E-state index contributed by atoms with van der Waals surface area (Å²) < 4.78 is 287. The van der Waals surface area contributed by atoms with Crippen molar-refractivity contribution in [2.75, 3.05) is 26.3 Å². The molecule has 0 aliphatic heterocycles. The lowest BCUT2D eigenvalue weighted by Crippen LogP contribution is -2.68. The molecular weight excluding hydrogens is 975 g/mol. The summed E-state index contributed by atoms with van der Waals surface area (Å²) in [5.41, 5.74) is -16.6. The van der Waals surface area contributed by atoms with E-state index >= 15 is 13.2 Å². The number of hydrogen-bond donors (Lipinski definition) is 0. The molecule has 0 saturated heterocycles. The number of alkyl halides is 18. The highest BCUT2D eigenvalue weighted by Crippen LogP contribution is 2.52. The quantitative estimate of drug-likeness (QED) is 0.0311. The van der Waals surface area contributed by atoms with E-state index in [9.17, 15) is 65.9 Å². The molecule has 0 heterocycles. The van der Waals surface area contributed by atoms with Crippen LogP contribution < -0.4 is 14.0 Å². The Kier molecular flexibility index (Phi) is 19.6. The van der Waals surface area contributed by atoms with Crippen LogP contribution in [0.2, 0.25) is 0 Å². The smallest absolute Gasteiger partial charge is 0.490 e. The van der Waals surface area contributed by atoms with Crippen LogP contribution >= 0.6 is 0 Å². The van der Waals surface area contributed by atoms with Gasteiger partial charge in [0.15, 0.2) is 6.23 Å². The fourth-order valence-corrected chi connectivity index (χ4v) is 7.65. The normalized spacial score (nSPS) is 14.7. The largest absolute Gasteiger partial charge is 0.864 e. The summed E-state index contributed by atoms with van der Waals surface area (Å²) in [5.74, 6) is -4.85. The number of quaternary nitrogens is 1. The number of benzene rings is 3. The Morgan fingerprint density at radius 2 is 0.841 bits per heavy atom. The number of halogens is 18. The molecule has 0 aliphatic rings. The Morgan fingerprint density at radius 3 is 1.17 bits per heavy atom. The Balaban J connectivity index is 2.70. The van der Waals surface area contributed by atoms with Crippen LogP contribution in [-0.2, 0) is 52.3 Å². The van der Waals surface area contributed by atoms with Crippen molar-refractivity contribution in [2.45, 2.75) is 142 Å². The summed E-state index contributed by atoms with van der Waals surface area (Å²) in [6.07, 6.45) is -32.3. The van der Waals surface area contributed by atoms with Crippen molar-refractivity contribution < 1.29 is 107 Å². The van der Waals surface area contributed by atoms with E-state index in [1.165, 1.54) is 13.8 Å². The van der Waals surface area contributed by atoms with Gasteiger partial charge in [-0.3, -0.25) is 4.48 Å². The SMILES string of the molecule is CCCCC[N+](CCCCC)(C(C)OCCC)C(C)(OCCC)c1c(OB(Oc2cc(C(F)(F)F)cc(C(F)(F)F)c2)Oc2cc(C(F)(F)F)cc(C(F)(F)F)c2)cc(C(F)(F)F)cc1C(F)(F)F. The van der Waals surface area contributed by atoms with Crippen LogP contribution in [0.5, 0.6) is 17.2 Å². The van der Waals surface area contributed by atoms with E-state index in [1.54, 1.807) is 20.8 Å². The van der Waals surface area contributed by atoms with Crippen LogP contribution in [0, 0.1) is 0 Å². The van der Waals surface area contributed by atoms with Gasteiger partial charge in [0, 0.05) is 13.8 Å². The molecule has 3 aromatic rings. The summed E-state index contributed by atoms with van der Waals surface area (Å²) in [6.45, 7) is 8.74. The maximum Gasteiger partial charge on any atom is 0.864 e. The average Bonchev–Trinajstić information content (AvgIpc) is 3.21. The predicted octanol–water partition coefficient (Wildman–Crippen LogP) is 15.9. The summed E-state index contributed by atoms with van der Waals surface area (Å²) in [5, 5.41) is 0. The molecule has 3 rings (SSSR count). The van der Waals surface area contributed by atoms with Gasteiger partial charge >= 0.3 is 44.4 Å². The van der Waals surface area contributed by atoms with Crippen molar-refractivity contribution in [3.63, 3.8) is 0 Å². The Bertz CT molecular complexity index is 1970. The van der Waals surface area contributed by atoms with Gasteiger partial charge in [-0.2, -0.15) is 79.0 Å². The van der Waals surface area contributed by atoms with Crippen molar-refractivity contribution in [3.05, 3.63) is 87.5 Å². The van der Waals surface area contributed by atoms with Crippen LogP contribution in [0.15, 0.2) is 48.5 Å². The van der Waals surface area contributed by atoms with Crippen molar-refractivity contribution in [3.8, 4) is 17.2 Å². The third-order valence-corrected chi connectivity index (χ3v) is 11.0. The zero-order chi connectivity index (χ0) is 52.6. The van der Waals surface area contributed by atoms with E-state index in [-0.39, 0.29) is 75.4 Å². The number of rotatable bonds is 23. The van der Waals surface area contributed by atoms with Gasteiger partial charge in [0.1, 0.15) is 17.2 Å². The molecule has 0 aromatic heterocycles. The molecule has 0 bridgehead atoms. The minimum absolute atomic E-state index is 0.00730. The molecule has 0 aliphatic carbocycles. The van der Waals surface area contributed by atoms with Crippen molar-refractivity contribution in [1.82, 2.24) is 0 Å². The van der Waals surface area contributed by atoms with Gasteiger partial charge in [0.25, 0.3) is 0 Å². The maximum atomic E-state index is 15.7. The molecule has 0 saturated carbocycles. The maximum absolute atomic E-state index is 15.7. The van der Waals surface area contributed by atoms with Crippen LogP contribution in [-0.4, -0.2) is 44.3 Å². The first-order valence-corrected chi connectivity index (χ1v) is 21.6. The Morgan fingerprint density at radius 1 is 0.464 bits per heavy atom. The van der Waals surface area contributed by atoms with Crippen molar-refractivity contribution in [2.24, 2.45) is 0 Å². The number of ether oxygens (including phenoxy) is 2. The van der Waals surface area contributed by atoms with Gasteiger partial charge in [-0.15, -0.1) is 0 Å². The molecule has 2 atom stereocenters. The van der Waals surface area contributed by atoms with Crippen molar-refractivity contribution >= 4 is 7.32 Å². The molecule has 6 nitrogen and oxygen atoms in total. The molecule has 0 amide bonds. The molecule has 0 spiro atoms. The zero-order valence-corrected chi connectivity index (χ0v) is 38.1. The first-order valence-electron chi connectivity index (χ1n) is 21.6. The lowest BCUT2D eigenvalue weighted by atomic mass is 9.88. The second kappa shape index (κ2) is 22.9. The lowest BCUT2D eigenvalue weighted by molar-refractivity contribution is -1.04. The molecular formula is C44H51BF18NO5+. The minimum atomic E-state index is -5.80. The third-order valence-electron chi connectivity index (χ3n) is 11.0. The molecule has 0 radical (unpaired) electrons. The van der Waals surface area contributed by atoms with Gasteiger partial charge < -0.3 is 23.4 Å². The van der Waals surface area contributed by atoms with E-state index in [0.717, 1.165) is 6.92 Å². The third kappa shape index (κ3) is 15.4. The predicted molar refractivity (Wildman–Crippen MR) is 215 cm³/mol. The molecule has 0 fully saturated rings. The van der Waals surface area contributed by atoms with Crippen LogP contribution in [0.1, 0.15) is 132 Å². The standard InChI is InChI=1S/C44H51BF18NO5/c1-7-11-13-15-64(16-14-12-8-2,27(5)65-17-9-3)38(6,66-18-10-4)37-35(44(61,62)63)25-32(43(58,59)60)26-36(37)69-45(67-33-21-28(39(46,47)48)19-29(22-33)40(49,50)51)68-34-23-30(41(52,53)54)20-31(24-34)42(55,56)57/h19-27H,7-18H2,1-6H3/q+1. The first-order chi connectivity index (χ1) is 31.6. The molecule has 3 aromatic carbocycles. The Labute approximate surface area is 386 Å². The zero-order valence-electron chi connectivity index (χ0n) is 38.1. The molecule has 2 unspecified atom stereocenters. The fraction of sp³-hybridized carbons (Fsp3) is 0.591. The van der Waals surface area contributed by atoms with Crippen molar-refractivity contribution in [1.29, 1.82) is 0 Å². The minimum Gasteiger partial charge on any atom is -0.490 e. The van der Waals surface area contributed by atoms with E-state index in [1.807, 2.05) is 0 Å². The van der Waals surface area contributed by atoms with Crippen LogP contribution in [0.25, 0.3) is 0 Å². The number of hydrogen-bond acceptors (Lipinski definition) is 5. The summed E-state index contributed by atoms with van der Waals surface area (Å²) >= 11 is 0. The summed E-state index contributed by atoms with van der Waals surface area (Å²) in [7, 11) is -3.38. The highest BCUT2D eigenvalue weighted by Gasteiger charge is 2.59. The van der Waals surface area contributed by atoms with E-state index in [2.05, 4.69) is 0 Å². The molecule has 0 N–H and O–H groups in total.